The summed E-state index contributed by atoms with van der Waals surface area (Å²) >= 11 is 12.3. The minimum atomic E-state index is -0.455. The summed E-state index contributed by atoms with van der Waals surface area (Å²) in [6.45, 7) is 1.31. The molecule has 2 atom stereocenters. The first-order valence-corrected chi connectivity index (χ1v) is 6.54. The van der Waals surface area contributed by atoms with Crippen molar-refractivity contribution in [2.75, 3.05) is 13.2 Å². The molecule has 0 aromatic heterocycles. The molecule has 1 aromatic rings. The quantitative estimate of drug-likeness (QED) is 0.487. The smallest absolute Gasteiger partial charge is 0.270 e. The Hall–Kier alpha value is -0.840. The molecule has 1 fully saturated rings. The normalized spacial score (nSPS) is 23.9. The molecule has 1 aliphatic heterocycles. The van der Waals surface area contributed by atoms with Crippen molar-refractivity contribution in [3.63, 3.8) is 0 Å². The van der Waals surface area contributed by atoms with E-state index in [4.69, 9.17) is 27.9 Å². The van der Waals surface area contributed by atoms with Crippen LogP contribution in [0.3, 0.4) is 0 Å². The molecule has 0 amide bonds. The zero-order valence-corrected chi connectivity index (χ0v) is 11.2. The van der Waals surface area contributed by atoms with Gasteiger partial charge in [-0.2, -0.15) is 0 Å². The lowest BCUT2D eigenvalue weighted by Crippen LogP contribution is -2.29. The molecule has 6 heteroatoms. The average molecular weight is 290 g/mol. The standard InChI is InChI=1S/C12H13Cl2NO3/c13-11-3-4-18-7-9(11)5-8-1-2-10(15(16)17)6-12(8)14/h1-2,6,9,11H,3-5,7H2. The predicted octanol–water partition coefficient (Wildman–Crippen LogP) is 3.43. The van der Waals surface area contributed by atoms with Crippen LogP contribution in [0.4, 0.5) is 5.69 Å². The lowest BCUT2D eigenvalue weighted by molar-refractivity contribution is -0.384. The van der Waals surface area contributed by atoms with Crippen molar-refractivity contribution in [1.29, 1.82) is 0 Å². The monoisotopic (exact) mass is 289 g/mol. The van der Waals surface area contributed by atoms with Gasteiger partial charge in [-0.15, -0.1) is 11.6 Å². The third-order valence-electron chi connectivity index (χ3n) is 3.11. The van der Waals surface area contributed by atoms with E-state index in [9.17, 15) is 10.1 Å². The van der Waals surface area contributed by atoms with Crippen molar-refractivity contribution in [3.05, 3.63) is 38.9 Å². The number of rotatable bonds is 3. The highest BCUT2D eigenvalue weighted by Gasteiger charge is 2.25. The van der Waals surface area contributed by atoms with Crippen LogP contribution in [0.2, 0.25) is 5.02 Å². The molecule has 0 radical (unpaired) electrons. The zero-order valence-electron chi connectivity index (χ0n) is 9.64. The molecular weight excluding hydrogens is 277 g/mol. The van der Waals surface area contributed by atoms with Crippen LogP contribution in [0.15, 0.2) is 18.2 Å². The molecule has 1 saturated heterocycles. The van der Waals surface area contributed by atoms with Crippen molar-refractivity contribution in [2.24, 2.45) is 5.92 Å². The van der Waals surface area contributed by atoms with Gasteiger partial charge in [-0.3, -0.25) is 10.1 Å². The predicted molar refractivity (Wildman–Crippen MR) is 70.4 cm³/mol. The SMILES string of the molecule is O=[N+]([O-])c1ccc(CC2COCCC2Cl)c(Cl)c1. The van der Waals surface area contributed by atoms with Gasteiger partial charge in [0.25, 0.3) is 5.69 Å². The largest absolute Gasteiger partial charge is 0.381 e. The van der Waals surface area contributed by atoms with Crippen LogP contribution >= 0.6 is 23.2 Å². The van der Waals surface area contributed by atoms with E-state index in [-0.39, 0.29) is 17.0 Å². The second-order valence-electron chi connectivity index (χ2n) is 4.38. The number of hydrogen-bond donors (Lipinski definition) is 0. The summed E-state index contributed by atoms with van der Waals surface area (Å²) in [4.78, 5) is 10.2. The second kappa shape index (κ2) is 5.87. The van der Waals surface area contributed by atoms with E-state index < -0.39 is 4.92 Å². The maximum atomic E-state index is 10.6. The summed E-state index contributed by atoms with van der Waals surface area (Å²) < 4.78 is 5.39. The van der Waals surface area contributed by atoms with E-state index in [1.54, 1.807) is 6.07 Å². The maximum Gasteiger partial charge on any atom is 0.270 e. The lowest BCUT2D eigenvalue weighted by Gasteiger charge is -2.27. The Morgan fingerprint density at radius 2 is 2.28 bits per heavy atom. The molecule has 0 spiro atoms. The number of ether oxygens (including phenoxy) is 1. The number of hydrogen-bond acceptors (Lipinski definition) is 3. The number of benzene rings is 1. The van der Waals surface area contributed by atoms with Crippen LogP contribution in [0.5, 0.6) is 0 Å². The van der Waals surface area contributed by atoms with E-state index in [1.165, 1.54) is 12.1 Å². The average Bonchev–Trinajstić information content (AvgIpc) is 2.34. The molecule has 18 heavy (non-hydrogen) atoms. The third-order valence-corrected chi connectivity index (χ3v) is 4.04. The van der Waals surface area contributed by atoms with E-state index in [0.29, 0.717) is 24.7 Å². The van der Waals surface area contributed by atoms with Crippen LogP contribution in [0.25, 0.3) is 0 Å². The van der Waals surface area contributed by atoms with Crippen molar-refractivity contribution < 1.29 is 9.66 Å². The highest BCUT2D eigenvalue weighted by atomic mass is 35.5. The van der Waals surface area contributed by atoms with E-state index in [1.807, 2.05) is 0 Å². The Kier molecular flexibility index (Phi) is 4.43. The highest BCUT2D eigenvalue weighted by molar-refractivity contribution is 6.31. The van der Waals surface area contributed by atoms with E-state index in [0.717, 1.165) is 12.0 Å². The molecule has 1 aliphatic rings. The maximum absolute atomic E-state index is 10.6. The van der Waals surface area contributed by atoms with Crippen LogP contribution in [0.1, 0.15) is 12.0 Å². The summed E-state index contributed by atoms with van der Waals surface area (Å²) in [6, 6.07) is 4.54. The van der Waals surface area contributed by atoms with Gasteiger partial charge in [0.05, 0.1) is 16.6 Å². The van der Waals surface area contributed by atoms with Crippen LogP contribution in [0, 0.1) is 16.0 Å². The Balaban J connectivity index is 2.11. The summed E-state index contributed by atoms with van der Waals surface area (Å²) in [5.74, 6) is 0.208. The van der Waals surface area contributed by atoms with Gasteiger partial charge >= 0.3 is 0 Å². The van der Waals surface area contributed by atoms with Gasteiger partial charge in [-0.25, -0.2) is 0 Å². The Morgan fingerprint density at radius 3 is 2.89 bits per heavy atom. The number of non-ortho nitro benzene ring substituents is 1. The third kappa shape index (κ3) is 3.13. The van der Waals surface area contributed by atoms with Crippen molar-refractivity contribution in [2.45, 2.75) is 18.2 Å². The summed E-state index contributed by atoms with van der Waals surface area (Å²) in [5.41, 5.74) is 0.884. The molecular formula is C12H13Cl2NO3. The molecule has 1 aromatic carbocycles. The number of nitro benzene ring substituents is 1. The molecule has 0 aliphatic carbocycles. The number of halogens is 2. The molecule has 1 heterocycles. The summed E-state index contributed by atoms with van der Waals surface area (Å²) in [6.07, 6.45) is 1.52. The molecule has 2 rings (SSSR count). The minimum Gasteiger partial charge on any atom is -0.381 e. The fourth-order valence-electron chi connectivity index (χ4n) is 2.06. The minimum absolute atomic E-state index is 0.00562. The Morgan fingerprint density at radius 1 is 1.50 bits per heavy atom. The number of alkyl halides is 1. The zero-order chi connectivity index (χ0) is 13.1. The van der Waals surface area contributed by atoms with Crippen molar-refractivity contribution in [3.8, 4) is 0 Å². The van der Waals surface area contributed by atoms with Gasteiger partial charge in [0.2, 0.25) is 0 Å². The molecule has 0 saturated carbocycles. The van der Waals surface area contributed by atoms with Crippen LogP contribution in [-0.2, 0) is 11.2 Å². The molecule has 98 valence electrons. The van der Waals surface area contributed by atoms with Crippen molar-refractivity contribution >= 4 is 28.9 Å². The van der Waals surface area contributed by atoms with Gasteiger partial charge in [0, 0.05) is 30.0 Å². The fraction of sp³-hybridized carbons (Fsp3) is 0.500. The molecule has 0 N–H and O–H groups in total. The fourth-order valence-corrected chi connectivity index (χ4v) is 2.56. The summed E-state index contributed by atoms with van der Waals surface area (Å²) in [5, 5.41) is 11.1. The topological polar surface area (TPSA) is 52.4 Å². The Labute approximate surface area is 115 Å². The van der Waals surface area contributed by atoms with Crippen LogP contribution < -0.4 is 0 Å². The van der Waals surface area contributed by atoms with Crippen molar-refractivity contribution in [1.82, 2.24) is 0 Å². The number of nitrogens with zero attached hydrogens (tertiary/aromatic N) is 1. The highest BCUT2D eigenvalue weighted by Crippen LogP contribution is 2.29. The molecule has 0 bridgehead atoms. The first kappa shape index (κ1) is 13.6. The van der Waals surface area contributed by atoms with Crippen LogP contribution in [-0.4, -0.2) is 23.5 Å². The lowest BCUT2D eigenvalue weighted by atomic mass is 9.93. The van der Waals surface area contributed by atoms with Gasteiger partial charge in [0.1, 0.15) is 0 Å². The second-order valence-corrected chi connectivity index (χ2v) is 5.34. The first-order chi connectivity index (χ1) is 8.58. The van der Waals surface area contributed by atoms with Gasteiger partial charge in [0.15, 0.2) is 0 Å². The number of nitro groups is 1. The Bertz CT molecular complexity index is 453. The van der Waals surface area contributed by atoms with E-state index >= 15 is 0 Å². The van der Waals surface area contributed by atoms with Gasteiger partial charge in [-0.05, 0) is 18.4 Å². The molecule has 4 nitrogen and oxygen atoms in total. The van der Waals surface area contributed by atoms with E-state index in [2.05, 4.69) is 0 Å². The van der Waals surface area contributed by atoms with Gasteiger partial charge < -0.3 is 4.74 Å². The first-order valence-electron chi connectivity index (χ1n) is 5.72. The van der Waals surface area contributed by atoms with Gasteiger partial charge in [-0.1, -0.05) is 17.7 Å². The molecule has 2 unspecified atom stereocenters. The summed E-state index contributed by atoms with van der Waals surface area (Å²) in [7, 11) is 0.